The second kappa shape index (κ2) is 5.25. The fraction of sp³-hybridized carbons (Fsp3) is 0.0714. The molecule has 85 valence electrons. The van der Waals surface area contributed by atoms with E-state index in [1.54, 1.807) is 12.3 Å². The van der Waals surface area contributed by atoms with E-state index in [4.69, 9.17) is 0 Å². The molecule has 3 heteroatoms. The number of hydrogen-bond donors (Lipinski definition) is 1. The minimum Gasteiger partial charge on any atom is -0.346 e. The van der Waals surface area contributed by atoms with Crippen molar-refractivity contribution in [2.75, 3.05) is 0 Å². The third-order valence-electron chi connectivity index (χ3n) is 2.42. The van der Waals surface area contributed by atoms with Crippen LogP contribution in [0, 0.1) is 6.92 Å². The van der Waals surface area contributed by atoms with Gasteiger partial charge < -0.3 is 5.32 Å². The first-order chi connectivity index (χ1) is 8.27. The maximum absolute atomic E-state index is 11.9. The Morgan fingerprint density at radius 3 is 2.65 bits per heavy atom. The highest BCUT2D eigenvalue weighted by Gasteiger charge is 2.07. The average Bonchev–Trinajstić information content (AvgIpc) is 2.38. The SMILES string of the molecule is [CH2]c1ccccc1C(=O)NCc1ccccn1. The van der Waals surface area contributed by atoms with E-state index in [0.29, 0.717) is 12.1 Å². The van der Waals surface area contributed by atoms with Crippen molar-refractivity contribution in [3.05, 3.63) is 72.4 Å². The van der Waals surface area contributed by atoms with Crippen LogP contribution in [0.25, 0.3) is 0 Å². The van der Waals surface area contributed by atoms with Gasteiger partial charge in [-0.1, -0.05) is 24.3 Å². The molecule has 1 radical (unpaired) electrons. The number of carbonyl (C=O) groups excluding carboxylic acids is 1. The van der Waals surface area contributed by atoms with E-state index in [2.05, 4.69) is 17.2 Å². The van der Waals surface area contributed by atoms with E-state index in [1.807, 2.05) is 36.4 Å². The van der Waals surface area contributed by atoms with Crippen LogP contribution in [0.3, 0.4) is 0 Å². The zero-order valence-corrected chi connectivity index (χ0v) is 9.39. The number of benzene rings is 1. The van der Waals surface area contributed by atoms with Crippen LogP contribution < -0.4 is 5.32 Å². The summed E-state index contributed by atoms with van der Waals surface area (Å²) in [5, 5.41) is 2.81. The molecule has 3 nitrogen and oxygen atoms in total. The molecule has 0 aliphatic carbocycles. The Morgan fingerprint density at radius 2 is 1.94 bits per heavy atom. The largest absolute Gasteiger partial charge is 0.346 e. The fourth-order valence-electron chi connectivity index (χ4n) is 1.51. The van der Waals surface area contributed by atoms with Crippen LogP contribution in [0.1, 0.15) is 21.6 Å². The number of nitrogens with zero attached hydrogens (tertiary/aromatic N) is 1. The van der Waals surface area contributed by atoms with Gasteiger partial charge in [-0.05, 0) is 30.7 Å². The molecule has 0 spiro atoms. The van der Waals surface area contributed by atoms with Gasteiger partial charge in [0.1, 0.15) is 0 Å². The topological polar surface area (TPSA) is 42.0 Å². The zero-order chi connectivity index (χ0) is 12.1. The van der Waals surface area contributed by atoms with Crippen molar-refractivity contribution >= 4 is 5.91 Å². The summed E-state index contributed by atoms with van der Waals surface area (Å²) in [5.74, 6) is -0.124. The number of nitrogens with one attached hydrogen (secondary N) is 1. The molecule has 0 atom stereocenters. The van der Waals surface area contributed by atoms with E-state index in [9.17, 15) is 4.79 Å². The standard InChI is InChI=1S/C14H13N2O/c1-11-6-2-3-8-13(11)14(17)16-10-12-7-4-5-9-15-12/h2-9H,1,10H2,(H,16,17). The summed E-state index contributed by atoms with van der Waals surface area (Å²) in [5.41, 5.74) is 2.16. The number of aromatic nitrogens is 1. The molecule has 0 bridgehead atoms. The van der Waals surface area contributed by atoms with Gasteiger partial charge in [-0.2, -0.15) is 0 Å². The van der Waals surface area contributed by atoms with Crippen LogP contribution in [0.4, 0.5) is 0 Å². The molecule has 0 saturated carbocycles. The summed E-state index contributed by atoms with van der Waals surface area (Å²) < 4.78 is 0. The third-order valence-corrected chi connectivity index (χ3v) is 2.42. The van der Waals surface area contributed by atoms with Gasteiger partial charge in [0.15, 0.2) is 0 Å². The Hall–Kier alpha value is -2.16. The van der Waals surface area contributed by atoms with Gasteiger partial charge in [-0.3, -0.25) is 9.78 Å². The molecule has 2 aromatic rings. The molecule has 0 aliphatic rings. The number of pyridine rings is 1. The van der Waals surface area contributed by atoms with Gasteiger partial charge in [-0.25, -0.2) is 0 Å². The van der Waals surface area contributed by atoms with Crippen LogP contribution in [-0.4, -0.2) is 10.9 Å². The van der Waals surface area contributed by atoms with Crippen molar-refractivity contribution in [3.63, 3.8) is 0 Å². The first-order valence-corrected chi connectivity index (χ1v) is 5.36. The molecule has 1 aromatic carbocycles. The minimum atomic E-state index is -0.124. The summed E-state index contributed by atoms with van der Waals surface area (Å²) >= 11 is 0. The number of carbonyl (C=O) groups is 1. The molecule has 1 amide bonds. The van der Waals surface area contributed by atoms with E-state index < -0.39 is 0 Å². The lowest BCUT2D eigenvalue weighted by Gasteiger charge is -2.06. The Labute approximate surface area is 101 Å². The van der Waals surface area contributed by atoms with E-state index >= 15 is 0 Å². The molecule has 0 fully saturated rings. The second-order valence-electron chi connectivity index (χ2n) is 3.66. The molecule has 1 aromatic heterocycles. The molecule has 0 saturated heterocycles. The summed E-state index contributed by atoms with van der Waals surface area (Å²) in [6.45, 7) is 4.24. The number of rotatable bonds is 3. The first-order valence-electron chi connectivity index (χ1n) is 5.36. The third kappa shape index (κ3) is 2.91. The summed E-state index contributed by atoms with van der Waals surface area (Å²) in [6.07, 6.45) is 1.71. The molecule has 0 aliphatic heterocycles. The summed E-state index contributed by atoms with van der Waals surface area (Å²) in [7, 11) is 0. The lowest BCUT2D eigenvalue weighted by atomic mass is 10.1. The van der Waals surface area contributed by atoms with Gasteiger partial charge in [0, 0.05) is 11.8 Å². The van der Waals surface area contributed by atoms with E-state index in [1.165, 1.54) is 0 Å². The van der Waals surface area contributed by atoms with Gasteiger partial charge in [-0.15, -0.1) is 0 Å². The zero-order valence-electron chi connectivity index (χ0n) is 9.39. The molecule has 2 rings (SSSR count). The quantitative estimate of drug-likeness (QED) is 0.870. The maximum atomic E-state index is 11.9. The number of hydrogen-bond acceptors (Lipinski definition) is 2. The summed E-state index contributed by atoms with van der Waals surface area (Å²) in [4.78, 5) is 16.0. The van der Waals surface area contributed by atoms with Gasteiger partial charge in [0.2, 0.25) is 0 Å². The van der Waals surface area contributed by atoms with E-state index in [-0.39, 0.29) is 5.91 Å². The fourth-order valence-corrected chi connectivity index (χ4v) is 1.51. The van der Waals surface area contributed by atoms with Crippen molar-refractivity contribution < 1.29 is 4.79 Å². The van der Waals surface area contributed by atoms with Crippen molar-refractivity contribution in [1.82, 2.24) is 10.3 Å². The Bertz CT molecular complexity index is 509. The van der Waals surface area contributed by atoms with Crippen LogP contribution >= 0.6 is 0 Å². The molecule has 0 unspecified atom stereocenters. The number of amides is 1. The monoisotopic (exact) mass is 225 g/mol. The highest BCUT2D eigenvalue weighted by atomic mass is 16.1. The maximum Gasteiger partial charge on any atom is 0.251 e. The van der Waals surface area contributed by atoms with Crippen molar-refractivity contribution in [3.8, 4) is 0 Å². The Balaban J connectivity index is 2.01. The predicted octanol–water partition coefficient (Wildman–Crippen LogP) is 2.19. The van der Waals surface area contributed by atoms with Crippen LogP contribution in [0.15, 0.2) is 48.7 Å². The Kier molecular flexibility index (Phi) is 3.50. The predicted molar refractivity (Wildman–Crippen MR) is 66.3 cm³/mol. The molecule has 1 heterocycles. The summed E-state index contributed by atoms with van der Waals surface area (Å²) in [6, 6.07) is 12.9. The molecular formula is C14H13N2O. The highest BCUT2D eigenvalue weighted by molar-refractivity contribution is 5.95. The van der Waals surface area contributed by atoms with Crippen molar-refractivity contribution in [1.29, 1.82) is 0 Å². The normalized spacial score (nSPS) is 9.94. The van der Waals surface area contributed by atoms with Gasteiger partial charge >= 0.3 is 0 Å². The smallest absolute Gasteiger partial charge is 0.251 e. The molecule has 1 N–H and O–H groups in total. The first kappa shape index (κ1) is 11.3. The van der Waals surface area contributed by atoms with E-state index in [0.717, 1.165) is 11.3 Å². The highest BCUT2D eigenvalue weighted by Crippen LogP contribution is 2.06. The molecule has 17 heavy (non-hydrogen) atoms. The lowest BCUT2D eigenvalue weighted by molar-refractivity contribution is 0.0950. The van der Waals surface area contributed by atoms with Crippen molar-refractivity contribution in [2.24, 2.45) is 0 Å². The molecular weight excluding hydrogens is 212 g/mol. The lowest BCUT2D eigenvalue weighted by Crippen LogP contribution is -2.23. The second-order valence-corrected chi connectivity index (χ2v) is 3.66. The van der Waals surface area contributed by atoms with Crippen LogP contribution in [0.2, 0.25) is 0 Å². The average molecular weight is 225 g/mol. The van der Waals surface area contributed by atoms with Crippen molar-refractivity contribution in [2.45, 2.75) is 6.54 Å². The Morgan fingerprint density at radius 1 is 1.18 bits per heavy atom. The van der Waals surface area contributed by atoms with Crippen LogP contribution in [-0.2, 0) is 6.54 Å². The van der Waals surface area contributed by atoms with Gasteiger partial charge in [0.05, 0.1) is 12.2 Å². The van der Waals surface area contributed by atoms with Gasteiger partial charge in [0.25, 0.3) is 5.91 Å². The van der Waals surface area contributed by atoms with Crippen LogP contribution in [0.5, 0.6) is 0 Å². The minimum absolute atomic E-state index is 0.124.